The molecule has 1 radical (unpaired) electrons. The molecule has 0 aromatic carbocycles. The van der Waals surface area contributed by atoms with Crippen LogP contribution in [-0.4, -0.2) is 11.7 Å². The third kappa shape index (κ3) is 2.93. The standard InChI is InChI=1S/C18H19FNS/c1-13-11-16(14-3-7-18(2,12-19)8-4-14)17(21-13)15-5-9-20-10-6-15/h3,5-6,9-10H,4,7-8,12H2,1-2H3. The quantitative estimate of drug-likeness (QED) is 0.733. The van der Waals surface area contributed by atoms with Crippen molar-refractivity contribution < 1.29 is 4.39 Å². The van der Waals surface area contributed by atoms with Crippen molar-refractivity contribution in [3.05, 3.63) is 47.1 Å². The molecule has 109 valence electrons. The van der Waals surface area contributed by atoms with Gasteiger partial charge in [-0.25, -0.2) is 0 Å². The van der Waals surface area contributed by atoms with E-state index in [2.05, 4.69) is 24.1 Å². The molecular weight excluding hydrogens is 281 g/mol. The van der Waals surface area contributed by atoms with Crippen LogP contribution in [0.2, 0.25) is 0 Å². The molecule has 1 aliphatic rings. The molecule has 0 amide bonds. The highest BCUT2D eigenvalue weighted by atomic mass is 32.1. The highest BCUT2D eigenvalue weighted by molar-refractivity contribution is 7.15. The predicted octanol–water partition coefficient (Wildman–Crippen LogP) is 5.46. The van der Waals surface area contributed by atoms with E-state index in [4.69, 9.17) is 0 Å². The van der Waals surface area contributed by atoms with Gasteiger partial charge in [0, 0.05) is 33.8 Å². The maximum absolute atomic E-state index is 13.1. The zero-order chi connectivity index (χ0) is 14.9. The van der Waals surface area contributed by atoms with Gasteiger partial charge in [0.1, 0.15) is 0 Å². The summed E-state index contributed by atoms with van der Waals surface area (Å²) in [7, 11) is 0. The van der Waals surface area contributed by atoms with Crippen molar-refractivity contribution in [2.75, 3.05) is 6.67 Å². The van der Waals surface area contributed by atoms with Gasteiger partial charge in [-0.1, -0.05) is 13.0 Å². The van der Waals surface area contributed by atoms with Gasteiger partial charge in [0.15, 0.2) is 0 Å². The predicted molar refractivity (Wildman–Crippen MR) is 87.0 cm³/mol. The molecule has 3 rings (SSSR count). The minimum absolute atomic E-state index is 0.175. The van der Waals surface area contributed by atoms with Crippen LogP contribution in [0.5, 0.6) is 0 Å². The lowest BCUT2D eigenvalue weighted by Gasteiger charge is -2.30. The van der Waals surface area contributed by atoms with Gasteiger partial charge in [-0.15, -0.1) is 11.3 Å². The van der Waals surface area contributed by atoms with E-state index >= 15 is 0 Å². The van der Waals surface area contributed by atoms with Gasteiger partial charge in [-0.05, 0) is 54.9 Å². The largest absolute Gasteiger partial charge is 0.265 e. The minimum Gasteiger partial charge on any atom is -0.265 e. The van der Waals surface area contributed by atoms with E-state index in [9.17, 15) is 4.39 Å². The Morgan fingerprint density at radius 1 is 1.38 bits per heavy atom. The molecule has 0 aliphatic heterocycles. The molecular formula is C18H19FNS. The van der Waals surface area contributed by atoms with E-state index in [1.54, 1.807) is 11.3 Å². The fraction of sp³-hybridized carbons (Fsp3) is 0.389. The van der Waals surface area contributed by atoms with E-state index in [1.807, 2.05) is 31.5 Å². The number of pyridine rings is 1. The van der Waals surface area contributed by atoms with Crippen LogP contribution in [0.1, 0.15) is 36.6 Å². The molecule has 21 heavy (non-hydrogen) atoms. The van der Waals surface area contributed by atoms with E-state index < -0.39 is 0 Å². The Balaban J connectivity index is 1.97. The Morgan fingerprint density at radius 2 is 2.14 bits per heavy atom. The second-order valence-corrected chi connectivity index (χ2v) is 7.33. The zero-order valence-corrected chi connectivity index (χ0v) is 13.3. The number of thiophene rings is 1. The summed E-state index contributed by atoms with van der Waals surface area (Å²) in [4.78, 5) is 6.53. The van der Waals surface area contributed by atoms with E-state index in [0.717, 1.165) is 19.3 Å². The molecule has 2 heterocycles. The number of alkyl halides is 1. The van der Waals surface area contributed by atoms with Crippen molar-refractivity contribution in [1.29, 1.82) is 0 Å². The second kappa shape index (κ2) is 5.72. The summed E-state index contributed by atoms with van der Waals surface area (Å²) in [6.45, 7) is 3.89. The second-order valence-electron chi connectivity index (χ2n) is 6.10. The molecule has 3 heteroatoms. The molecule has 0 saturated carbocycles. The lowest BCUT2D eigenvalue weighted by atomic mass is 9.76. The summed E-state index contributed by atoms with van der Waals surface area (Å²) in [5, 5.41) is 0. The minimum atomic E-state index is -0.236. The Morgan fingerprint density at radius 3 is 2.76 bits per heavy atom. The van der Waals surface area contributed by atoms with Crippen LogP contribution in [-0.2, 0) is 0 Å². The van der Waals surface area contributed by atoms with E-state index in [-0.39, 0.29) is 12.1 Å². The Labute approximate surface area is 129 Å². The van der Waals surface area contributed by atoms with Crippen molar-refractivity contribution in [3.8, 4) is 10.4 Å². The Kier molecular flexibility index (Phi) is 3.94. The number of rotatable bonds is 3. The molecule has 1 atom stereocenters. The monoisotopic (exact) mass is 300 g/mol. The molecule has 0 N–H and O–H groups in total. The van der Waals surface area contributed by atoms with Crippen LogP contribution in [0.15, 0.2) is 30.6 Å². The van der Waals surface area contributed by atoms with Gasteiger partial charge >= 0.3 is 0 Å². The normalized spacial score (nSPS) is 22.1. The lowest BCUT2D eigenvalue weighted by Crippen LogP contribution is -2.21. The molecule has 2 aromatic rings. The number of halogens is 1. The number of aryl methyl sites for hydroxylation is 1. The van der Waals surface area contributed by atoms with E-state index in [0.29, 0.717) is 0 Å². The maximum atomic E-state index is 13.1. The van der Waals surface area contributed by atoms with Crippen LogP contribution < -0.4 is 0 Å². The zero-order valence-electron chi connectivity index (χ0n) is 12.4. The Bertz CT molecular complexity index is 659. The molecule has 1 nitrogen and oxygen atoms in total. The van der Waals surface area contributed by atoms with Crippen LogP contribution in [0, 0.1) is 18.4 Å². The molecule has 0 fully saturated rings. The number of allylic oxidation sites excluding steroid dienone is 2. The first-order valence-corrected chi connectivity index (χ1v) is 8.11. The van der Waals surface area contributed by atoms with Crippen LogP contribution in [0.3, 0.4) is 0 Å². The summed E-state index contributed by atoms with van der Waals surface area (Å²) in [6, 6.07) is 7.57. The molecule has 0 saturated heterocycles. The molecule has 1 aliphatic carbocycles. The average molecular weight is 300 g/mol. The summed E-state index contributed by atoms with van der Waals surface area (Å²) in [5.41, 5.74) is 3.53. The van der Waals surface area contributed by atoms with Crippen LogP contribution in [0.25, 0.3) is 16.0 Å². The molecule has 1 unspecified atom stereocenters. The first-order valence-electron chi connectivity index (χ1n) is 7.30. The summed E-state index contributed by atoms with van der Waals surface area (Å²) in [5.74, 6) is 0. The third-order valence-electron chi connectivity index (χ3n) is 4.21. The number of nitrogens with zero attached hydrogens (tertiary/aromatic N) is 1. The molecule has 2 aromatic heterocycles. The summed E-state index contributed by atoms with van der Waals surface area (Å²) in [6.07, 6.45) is 8.52. The van der Waals surface area contributed by atoms with Gasteiger partial charge in [-0.2, -0.15) is 0 Å². The van der Waals surface area contributed by atoms with Gasteiger partial charge in [0.25, 0.3) is 0 Å². The SMILES string of the molecule is Cc1[c]c(C2=CCC(C)(CF)CC2)c(-c2ccncc2)s1. The van der Waals surface area contributed by atoms with Crippen molar-refractivity contribution in [3.63, 3.8) is 0 Å². The van der Waals surface area contributed by atoms with Crippen molar-refractivity contribution in [2.45, 2.75) is 33.1 Å². The van der Waals surface area contributed by atoms with Gasteiger partial charge in [0.05, 0.1) is 6.67 Å². The first kappa shape index (κ1) is 14.5. The van der Waals surface area contributed by atoms with Crippen LogP contribution >= 0.6 is 11.3 Å². The number of hydrogen-bond donors (Lipinski definition) is 0. The fourth-order valence-electron chi connectivity index (χ4n) is 2.75. The topological polar surface area (TPSA) is 12.9 Å². The average Bonchev–Trinajstić information content (AvgIpc) is 2.91. The molecule has 0 bridgehead atoms. The van der Waals surface area contributed by atoms with Crippen molar-refractivity contribution in [2.24, 2.45) is 5.41 Å². The number of aromatic nitrogens is 1. The fourth-order valence-corrected chi connectivity index (χ4v) is 3.75. The Hall–Kier alpha value is -1.48. The maximum Gasteiger partial charge on any atom is 0.0951 e. The van der Waals surface area contributed by atoms with Gasteiger partial charge < -0.3 is 0 Å². The lowest BCUT2D eigenvalue weighted by molar-refractivity contribution is 0.214. The highest BCUT2D eigenvalue weighted by Gasteiger charge is 2.28. The van der Waals surface area contributed by atoms with Crippen LogP contribution in [0.4, 0.5) is 4.39 Å². The van der Waals surface area contributed by atoms with Crippen molar-refractivity contribution >= 4 is 16.9 Å². The molecule has 0 spiro atoms. The van der Waals surface area contributed by atoms with Crippen molar-refractivity contribution in [1.82, 2.24) is 4.98 Å². The number of hydrogen-bond acceptors (Lipinski definition) is 2. The van der Waals surface area contributed by atoms with Gasteiger partial charge in [0.2, 0.25) is 0 Å². The third-order valence-corrected chi connectivity index (χ3v) is 5.26. The first-order chi connectivity index (χ1) is 10.1. The highest BCUT2D eigenvalue weighted by Crippen LogP contribution is 2.43. The van der Waals surface area contributed by atoms with Gasteiger partial charge in [-0.3, -0.25) is 9.37 Å². The summed E-state index contributed by atoms with van der Waals surface area (Å²) >= 11 is 1.77. The summed E-state index contributed by atoms with van der Waals surface area (Å²) < 4.78 is 13.1. The smallest absolute Gasteiger partial charge is 0.0951 e. The van der Waals surface area contributed by atoms with E-state index in [1.165, 1.54) is 26.5 Å².